The Morgan fingerprint density at radius 1 is 0.878 bits per heavy atom. The van der Waals surface area contributed by atoms with Crippen LogP contribution < -0.4 is 10.6 Å². The zero-order valence-corrected chi connectivity index (χ0v) is 30.6. The maximum atomic E-state index is 14.7. The Bertz CT molecular complexity index is 1360. The highest BCUT2D eigenvalue weighted by Crippen LogP contribution is 2.44. The molecule has 3 fully saturated rings. The van der Waals surface area contributed by atoms with Crippen LogP contribution in [0.1, 0.15) is 123 Å². The van der Waals surface area contributed by atoms with Gasteiger partial charge in [-0.3, -0.25) is 33.8 Å². The minimum Gasteiger partial charge on any atom is -0.344 e. The first kappa shape index (κ1) is 38.4. The average molecular weight is 679 g/mol. The fourth-order valence-electron chi connectivity index (χ4n) is 8.22. The van der Waals surface area contributed by atoms with Gasteiger partial charge < -0.3 is 15.5 Å². The molecule has 1 aromatic heterocycles. The summed E-state index contributed by atoms with van der Waals surface area (Å²) in [5.74, 6) is -3.31. The van der Waals surface area contributed by atoms with E-state index in [0.717, 1.165) is 51.4 Å². The van der Waals surface area contributed by atoms with Gasteiger partial charge in [-0.25, -0.2) is 0 Å². The smallest absolute Gasteiger partial charge is 0.270 e. The van der Waals surface area contributed by atoms with Crippen molar-refractivity contribution in [3.63, 3.8) is 0 Å². The summed E-state index contributed by atoms with van der Waals surface area (Å²) in [4.78, 5) is 88.1. The maximum absolute atomic E-state index is 14.7. The number of hydrogen-bond acceptors (Lipinski definition) is 7. The van der Waals surface area contributed by atoms with Crippen LogP contribution in [-0.4, -0.2) is 69.6 Å². The van der Waals surface area contributed by atoms with Crippen molar-refractivity contribution < 1.29 is 28.8 Å². The molecular weight excluding hydrogens is 620 g/mol. The van der Waals surface area contributed by atoms with Gasteiger partial charge in [0.1, 0.15) is 11.7 Å². The quantitative estimate of drug-likeness (QED) is 0.253. The van der Waals surface area contributed by atoms with Crippen molar-refractivity contribution in [3.05, 3.63) is 30.1 Å². The molecule has 1 aromatic rings. The predicted octanol–water partition coefficient (Wildman–Crippen LogP) is 5.33. The van der Waals surface area contributed by atoms with Crippen LogP contribution in [0.2, 0.25) is 0 Å². The molecule has 10 heteroatoms. The fraction of sp³-hybridized carbons (Fsp3) is 0.718. The van der Waals surface area contributed by atoms with Crippen molar-refractivity contribution in [2.75, 3.05) is 6.54 Å². The molecular formula is C39H58N4O6. The summed E-state index contributed by atoms with van der Waals surface area (Å²) in [5.41, 5.74) is -0.381. The number of hydrogen-bond donors (Lipinski definition) is 2. The Labute approximate surface area is 292 Å². The molecule has 3 amide bonds. The molecule has 1 aliphatic heterocycles. The Morgan fingerprint density at radius 3 is 2.16 bits per heavy atom. The molecule has 2 N–H and O–H groups in total. The molecule has 6 atom stereocenters. The van der Waals surface area contributed by atoms with Crippen LogP contribution in [0.4, 0.5) is 0 Å². The number of likely N-dealkylation sites (tertiary alicyclic amines) is 1. The van der Waals surface area contributed by atoms with E-state index < -0.39 is 52.8 Å². The number of fused-ring (bicyclic) bond motifs is 1. The molecule has 49 heavy (non-hydrogen) atoms. The van der Waals surface area contributed by atoms with Crippen LogP contribution in [0.3, 0.4) is 0 Å². The summed E-state index contributed by atoms with van der Waals surface area (Å²) in [6.45, 7) is 13.6. The molecule has 0 aromatic carbocycles. The van der Waals surface area contributed by atoms with Crippen molar-refractivity contribution in [1.82, 2.24) is 20.5 Å². The second kappa shape index (κ2) is 16.5. The van der Waals surface area contributed by atoms with Crippen LogP contribution >= 0.6 is 0 Å². The number of amides is 3. The van der Waals surface area contributed by atoms with Gasteiger partial charge in [0.25, 0.3) is 5.91 Å². The number of carbonyl (C=O) groups is 6. The summed E-state index contributed by atoms with van der Waals surface area (Å²) in [6, 6.07) is 2.57. The molecule has 2 saturated carbocycles. The third kappa shape index (κ3) is 9.43. The van der Waals surface area contributed by atoms with Crippen LogP contribution in [-0.2, 0) is 24.0 Å². The summed E-state index contributed by atoms with van der Waals surface area (Å²) in [5, 5.41) is 5.89. The van der Waals surface area contributed by atoms with Crippen molar-refractivity contribution in [3.8, 4) is 0 Å². The molecule has 2 aliphatic carbocycles. The van der Waals surface area contributed by atoms with E-state index in [-0.39, 0.29) is 59.8 Å². The van der Waals surface area contributed by atoms with Gasteiger partial charge in [0.15, 0.2) is 5.78 Å². The molecule has 270 valence electrons. The molecule has 0 spiro atoms. The van der Waals surface area contributed by atoms with Crippen LogP contribution in [0, 0.1) is 40.9 Å². The van der Waals surface area contributed by atoms with Crippen LogP contribution in [0.5, 0.6) is 0 Å². The SMILES string of the molecule is CC(C)CC(=O)C(=O)[C@@H](NC(=O)C1[C@H]2CCC[C@H]2CN1C(=O)C(CC(=O)[C@@H](NC(=O)c1ccccn1)C1CCCCC1)C(C)(C)C)C(C)C. The summed E-state index contributed by atoms with van der Waals surface area (Å²) in [7, 11) is 0. The topological polar surface area (TPSA) is 143 Å². The number of rotatable bonds is 14. The van der Waals surface area contributed by atoms with Crippen LogP contribution in [0.25, 0.3) is 0 Å². The maximum Gasteiger partial charge on any atom is 0.270 e. The third-order valence-electron chi connectivity index (χ3n) is 11.0. The number of nitrogens with one attached hydrogen (secondary N) is 2. The summed E-state index contributed by atoms with van der Waals surface area (Å²) < 4.78 is 0. The first-order chi connectivity index (χ1) is 23.1. The number of aromatic nitrogens is 1. The van der Waals surface area contributed by atoms with Crippen molar-refractivity contribution >= 4 is 35.1 Å². The number of ketones is 3. The van der Waals surface area contributed by atoms with Crippen molar-refractivity contribution in [2.45, 2.75) is 131 Å². The summed E-state index contributed by atoms with van der Waals surface area (Å²) >= 11 is 0. The van der Waals surface area contributed by atoms with Gasteiger partial charge in [-0.2, -0.15) is 0 Å². The van der Waals surface area contributed by atoms with E-state index in [9.17, 15) is 28.8 Å². The van der Waals surface area contributed by atoms with E-state index in [4.69, 9.17) is 0 Å². The highest BCUT2D eigenvalue weighted by Gasteiger charge is 2.52. The van der Waals surface area contributed by atoms with Gasteiger partial charge in [-0.1, -0.05) is 80.2 Å². The fourth-order valence-corrected chi connectivity index (χ4v) is 8.22. The minimum atomic E-state index is -0.977. The molecule has 10 nitrogen and oxygen atoms in total. The van der Waals surface area contributed by atoms with E-state index in [0.29, 0.717) is 6.54 Å². The van der Waals surface area contributed by atoms with E-state index >= 15 is 0 Å². The largest absolute Gasteiger partial charge is 0.344 e. The van der Waals surface area contributed by atoms with E-state index in [1.54, 1.807) is 43.1 Å². The predicted molar refractivity (Wildman–Crippen MR) is 187 cm³/mol. The Balaban J connectivity index is 1.58. The standard InChI is InChI=1S/C39H58N4O6/c1-23(2)20-31(45)35(46)32(24(3)4)41-37(48)34-27-17-13-16-26(27)22-43(34)38(49)28(39(5,6)7)21-30(44)33(25-14-9-8-10-15-25)42-36(47)29-18-11-12-19-40-29/h11-12,18-19,23-28,32-34H,8-10,13-17,20-22H2,1-7H3,(H,41,48)(H,42,47)/t26-,27-,28?,32-,33-,34?/m0/s1. The van der Waals surface area contributed by atoms with Gasteiger partial charge in [-0.15, -0.1) is 0 Å². The monoisotopic (exact) mass is 678 g/mol. The molecule has 2 heterocycles. The lowest BCUT2D eigenvalue weighted by Crippen LogP contribution is -2.56. The average Bonchev–Trinajstić information content (AvgIpc) is 3.66. The van der Waals surface area contributed by atoms with Crippen molar-refractivity contribution in [2.24, 2.45) is 40.9 Å². The molecule has 0 radical (unpaired) electrons. The van der Waals surface area contributed by atoms with Crippen LogP contribution in [0.15, 0.2) is 24.4 Å². The van der Waals surface area contributed by atoms with Gasteiger partial charge in [-0.05, 0) is 72.8 Å². The first-order valence-electron chi connectivity index (χ1n) is 18.5. The third-order valence-corrected chi connectivity index (χ3v) is 11.0. The molecule has 2 unspecified atom stereocenters. The van der Waals surface area contributed by atoms with Gasteiger partial charge >= 0.3 is 0 Å². The van der Waals surface area contributed by atoms with E-state index in [2.05, 4.69) is 15.6 Å². The number of nitrogens with zero attached hydrogens (tertiary/aromatic N) is 2. The Kier molecular flexibility index (Phi) is 12.9. The normalized spacial score (nSPS) is 23.1. The lowest BCUT2D eigenvalue weighted by Gasteiger charge is -2.37. The first-order valence-corrected chi connectivity index (χ1v) is 18.5. The Hall–Kier alpha value is -3.43. The van der Waals surface area contributed by atoms with Crippen molar-refractivity contribution in [1.29, 1.82) is 0 Å². The van der Waals surface area contributed by atoms with Gasteiger partial charge in [0.05, 0.1) is 12.1 Å². The number of Topliss-reactive ketones (excluding diaryl/α,β-unsaturated/α-hetero) is 3. The Morgan fingerprint density at radius 2 is 1.57 bits per heavy atom. The highest BCUT2D eigenvalue weighted by atomic mass is 16.2. The van der Waals surface area contributed by atoms with Gasteiger partial charge in [0, 0.05) is 31.5 Å². The zero-order valence-electron chi connectivity index (χ0n) is 30.6. The highest BCUT2D eigenvalue weighted by molar-refractivity contribution is 6.39. The minimum absolute atomic E-state index is 0.0141. The molecule has 1 saturated heterocycles. The second-order valence-electron chi connectivity index (χ2n) is 16.6. The summed E-state index contributed by atoms with van der Waals surface area (Å²) in [6.07, 6.45) is 8.93. The second-order valence-corrected chi connectivity index (χ2v) is 16.6. The van der Waals surface area contributed by atoms with Gasteiger partial charge in [0.2, 0.25) is 23.4 Å². The molecule has 4 rings (SSSR count). The lowest BCUT2D eigenvalue weighted by atomic mass is 9.74. The zero-order chi connectivity index (χ0) is 36.0. The lowest BCUT2D eigenvalue weighted by molar-refractivity contribution is -0.148. The molecule has 0 bridgehead atoms. The molecule has 3 aliphatic rings. The number of carbonyl (C=O) groups excluding carboxylic acids is 6. The van der Waals surface area contributed by atoms with E-state index in [1.165, 1.54) is 0 Å². The van der Waals surface area contributed by atoms with E-state index in [1.807, 2.05) is 34.6 Å². The number of pyridine rings is 1.